The molecule has 2 aromatic carbocycles. The van der Waals surface area contributed by atoms with E-state index in [4.69, 9.17) is 9.15 Å². The summed E-state index contributed by atoms with van der Waals surface area (Å²) in [5.41, 5.74) is 2.07. The highest BCUT2D eigenvalue weighted by Gasteiger charge is 2.14. The summed E-state index contributed by atoms with van der Waals surface area (Å²) in [4.78, 5) is 36.2. The van der Waals surface area contributed by atoms with Gasteiger partial charge < -0.3 is 19.6 Å². The highest BCUT2D eigenvalue weighted by Crippen LogP contribution is 2.25. The van der Waals surface area contributed by atoms with Gasteiger partial charge in [0.2, 0.25) is 5.91 Å². The number of fused-ring (bicyclic) bond motifs is 1. The largest absolute Gasteiger partial charge is 0.508 e. The van der Waals surface area contributed by atoms with Crippen molar-refractivity contribution in [2.45, 2.75) is 26.7 Å². The molecule has 0 aliphatic carbocycles. The molecule has 0 radical (unpaired) electrons. The summed E-state index contributed by atoms with van der Waals surface area (Å²) in [6, 6.07) is 11.1. The van der Waals surface area contributed by atoms with Crippen molar-refractivity contribution in [1.82, 2.24) is 0 Å². The first-order valence-electron chi connectivity index (χ1n) is 9.59. The summed E-state index contributed by atoms with van der Waals surface area (Å²) in [5.74, 6) is -0.656. The van der Waals surface area contributed by atoms with E-state index in [0.29, 0.717) is 34.2 Å². The zero-order chi connectivity index (χ0) is 21.7. The minimum atomic E-state index is -0.559. The molecule has 0 saturated carbocycles. The molecule has 0 atom stereocenters. The zero-order valence-electron chi connectivity index (χ0n) is 16.8. The van der Waals surface area contributed by atoms with Crippen LogP contribution in [0.15, 0.2) is 53.1 Å². The van der Waals surface area contributed by atoms with Gasteiger partial charge in [-0.2, -0.15) is 0 Å². The first kappa shape index (κ1) is 21.1. The average molecular weight is 409 g/mol. The topological polar surface area (TPSA) is 106 Å². The Labute approximate surface area is 173 Å². The Morgan fingerprint density at radius 1 is 1.10 bits per heavy atom. The average Bonchev–Trinajstić information content (AvgIpc) is 3.07. The monoisotopic (exact) mass is 409 g/mol. The van der Waals surface area contributed by atoms with Crippen LogP contribution < -0.4 is 5.32 Å². The van der Waals surface area contributed by atoms with E-state index in [-0.39, 0.29) is 36.4 Å². The van der Waals surface area contributed by atoms with E-state index in [2.05, 4.69) is 5.32 Å². The van der Waals surface area contributed by atoms with Gasteiger partial charge in [0.25, 0.3) is 0 Å². The van der Waals surface area contributed by atoms with Crippen molar-refractivity contribution in [3.8, 4) is 5.75 Å². The molecule has 1 amide bonds. The normalized spacial score (nSPS) is 10.9. The summed E-state index contributed by atoms with van der Waals surface area (Å²) in [6.45, 7) is 3.54. The second-order valence-electron chi connectivity index (χ2n) is 7.43. The van der Waals surface area contributed by atoms with Crippen LogP contribution >= 0.6 is 0 Å². The van der Waals surface area contributed by atoms with Crippen molar-refractivity contribution in [1.29, 1.82) is 0 Å². The van der Waals surface area contributed by atoms with Crippen molar-refractivity contribution < 1.29 is 28.6 Å². The Hall–Kier alpha value is -3.61. The van der Waals surface area contributed by atoms with Crippen molar-refractivity contribution in [3.05, 3.63) is 59.9 Å². The van der Waals surface area contributed by atoms with E-state index in [1.54, 1.807) is 30.3 Å². The van der Waals surface area contributed by atoms with Gasteiger partial charge in [-0.3, -0.25) is 14.4 Å². The molecule has 0 spiro atoms. The van der Waals surface area contributed by atoms with Gasteiger partial charge in [0.1, 0.15) is 11.3 Å². The van der Waals surface area contributed by atoms with E-state index in [1.165, 1.54) is 18.4 Å². The van der Waals surface area contributed by atoms with Crippen LogP contribution in [-0.4, -0.2) is 29.4 Å². The van der Waals surface area contributed by atoms with E-state index in [1.807, 2.05) is 13.8 Å². The third-order valence-corrected chi connectivity index (χ3v) is 4.42. The fraction of sp³-hybridized carbons (Fsp3) is 0.261. The van der Waals surface area contributed by atoms with Crippen LogP contribution in [0.4, 0.5) is 5.69 Å². The van der Waals surface area contributed by atoms with Crippen molar-refractivity contribution in [2.75, 3.05) is 11.9 Å². The SMILES string of the molecule is CC(C)CC(=O)Nc1ccc(C(=O)COC(=O)Cc2coc3cc(O)ccc23)cc1. The first-order chi connectivity index (χ1) is 14.3. The molecule has 7 heteroatoms. The van der Waals surface area contributed by atoms with Crippen LogP contribution in [0.5, 0.6) is 5.75 Å². The molecule has 1 aromatic heterocycles. The second-order valence-corrected chi connectivity index (χ2v) is 7.43. The number of phenols is 1. The number of hydrogen-bond donors (Lipinski definition) is 2. The molecule has 2 N–H and O–H groups in total. The van der Waals surface area contributed by atoms with Gasteiger partial charge in [-0.1, -0.05) is 13.8 Å². The maximum absolute atomic E-state index is 12.3. The summed E-state index contributed by atoms with van der Waals surface area (Å²) in [7, 11) is 0. The van der Waals surface area contributed by atoms with Gasteiger partial charge >= 0.3 is 5.97 Å². The fourth-order valence-corrected chi connectivity index (χ4v) is 2.97. The second kappa shape index (κ2) is 9.26. The zero-order valence-corrected chi connectivity index (χ0v) is 16.8. The van der Waals surface area contributed by atoms with Crippen LogP contribution in [0.1, 0.15) is 36.2 Å². The number of furan rings is 1. The van der Waals surface area contributed by atoms with Crippen LogP contribution in [-0.2, 0) is 20.7 Å². The molecule has 0 aliphatic heterocycles. The lowest BCUT2D eigenvalue weighted by Gasteiger charge is -2.08. The lowest BCUT2D eigenvalue weighted by atomic mass is 10.1. The van der Waals surface area contributed by atoms with Gasteiger partial charge in [0.05, 0.1) is 12.7 Å². The number of phenolic OH excluding ortho intramolecular Hbond substituents is 1. The Bertz CT molecular complexity index is 1060. The Balaban J connectivity index is 1.52. The highest BCUT2D eigenvalue weighted by atomic mass is 16.5. The number of hydrogen-bond acceptors (Lipinski definition) is 6. The summed E-state index contributed by atoms with van der Waals surface area (Å²) in [5, 5.41) is 12.9. The molecule has 156 valence electrons. The van der Waals surface area contributed by atoms with Crippen LogP contribution in [0.2, 0.25) is 0 Å². The van der Waals surface area contributed by atoms with E-state index in [9.17, 15) is 19.5 Å². The van der Waals surface area contributed by atoms with Gasteiger partial charge in [-0.15, -0.1) is 0 Å². The smallest absolute Gasteiger partial charge is 0.310 e. The molecule has 0 bridgehead atoms. The molecule has 1 heterocycles. The number of nitrogens with one attached hydrogen (secondary N) is 1. The van der Waals surface area contributed by atoms with Crippen molar-refractivity contribution in [3.63, 3.8) is 0 Å². The van der Waals surface area contributed by atoms with E-state index < -0.39 is 5.97 Å². The standard InChI is InChI=1S/C23H23NO6/c1-14(2)9-22(27)24-17-5-3-15(4-6-17)20(26)13-30-23(28)10-16-12-29-21-11-18(25)7-8-19(16)21/h3-8,11-12,14,25H,9-10,13H2,1-2H3,(H,24,27). The molecule has 0 fully saturated rings. The van der Waals surface area contributed by atoms with Crippen molar-refractivity contribution in [2.24, 2.45) is 5.92 Å². The molecule has 30 heavy (non-hydrogen) atoms. The third-order valence-electron chi connectivity index (χ3n) is 4.42. The number of aromatic hydroxyl groups is 1. The Morgan fingerprint density at radius 3 is 2.53 bits per heavy atom. The Kier molecular flexibility index (Phi) is 6.51. The summed E-state index contributed by atoms with van der Waals surface area (Å²) >= 11 is 0. The number of ketones is 1. The molecular formula is C23H23NO6. The number of rotatable bonds is 8. The van der Waals surface area contributed by atoms with Gasteiger partial charge in [-0.05, 0) is 42.3 Å². The predicted octanol–water partition coefficient (Wildman–Crippen LogP) is 4.09. The van der Waals surface area contributed by atoms with Crippen LogP contribution in [0, 0.1) is 5.92 Å². The minimum Gasteiger partial charge on any atom is -0.508 e. The molecule has 0 unspecified atom stereocenters. The first-order valence-corrected chi connectivity index (χ1v) is 9.59. The van der Waals surface area contributed by atoms with Gasteiger partial charge in [-0.25, -0.2) is 0 Å². The quantitative estimate of drug-likeness (QED) is 0.429. The molecule has 7 nitrogen and oxygen atoms in total. The number of carbonyl (C=O) groups is 3. The number of anilines is 1. The molecular weight excluding hydrogens is 386 g/mol. The number of ether oxygens (including phenoxy) is 1. The summed E-state index contributed by atoms with van der Waals surface area (Å²) in [6.07, 6.45) is 1.80. The number of esters is 1. The summed E-state index contributed by atoms with van der Waals surface area (Å²) < 4.78 is 10.4. The number of carbonyl (C=O) groups excluding carboxylic acids is 3. The number of Topliss-reactive ketones (excluding diaryl/α,β-unsaturated/α-hetero) is 1. The number of benzene rings is 2. The van der Waals surface area contributed by atoms with E-state index >= 15 is 0 Å². The molecule has 3 aromatic rings. The minimum absolute atomic E-state index is 0.0497. The maximum Gasteiger partial charge on any atom is 0.310 e. The van der Waals surface area contributed by atoms with Gasteiger partial charge in [0, 0.05) is 34.7 Å². The molecule has 0 aliphatic rings. The molecule has 3 rings (SSSR count). The Morgan fingerprint density at radius 2 is 1.83 bits per heavy atom. The highest BCUT2D eigenvalue weighted by molar-refractivity contribution is 5.99. The van der Waals surface area contributed by atoms with Gasteiger partial charge in [0.15, 0.2) is 12.4 Å². The van der Waals surface area contributed by atoms with Crippen LogP contribution in [0.25, 0.3) is 11.0 Å². The lowest BCUT2D eigenvalue weighted by molar-refractivity contribution is -0.141. The van der Waals surface area contributed by atoms with E-state index in [0.717, 1.165) is 0 Å². The fourth-order valence-electron chi connectivity index (χ4n) is 2.97. The maximum atomic E-state index is 12.3. The molecule has 0 saturated heterocycles. The van der Waals surface area contributed by atoms with Crippen LogP contribution in [0.3, 0.4) is 0 Å². The van der Waals surface area contributed by atoms with Crippen molar-refractivity contribution >= 4 is 34.3 Å². The predicted molar refractivity (Wildman–Crippen MR) is 111 cm³/mol. The number of amides is 1. The lowest BCUT2D eigenvalue weighted by Crippen LogP contribution is -2.16. The third kappa shape index (κ3) is 5.47.